The molecule has 3 rings (SSSR count). The van der Waals surface area contributed by atoms with E-state index >= 15 is 0 Å². The van der Waals surface area contributed by atoms with E-state index in [0.29, 0.717) is 23.6 Å². The van der Waals surface area contributed by atoms with Gasteiger partial charge in [-0.25, -0.2) is 8.42 Å². The molecule has 1 fully saturated rings. The minimum atomic E-state index is -3.75. The van der Waals surface area contributed by atoms with Crippen LogP contribution in [0.4, 0.5) is 0 Å². The van der Waals surface area contributed by atoms with Gasteiger partial charge < -0.3 is 0 Å². The second kappa shape index (κ2) is 9.00. The summed E-state index contributed by atoms with van der Waals surface area (Å²) >= 11 is 5.83. The van der Waals surface area contributed by atoms with Crippen molar-refractivity contribution < 1.29 is 13.3 Å². The smallest absolute Gasteiger partial charge is 0.250 e. The molecule has 0 spiro atoms. The zero-order valence-corrected chi connectivity index (χ0v) is 16.8. The van der Waals surface area contributed by atoms with Gasteiger partial charge in [0.25, 0.3) is 6.04 Å². The summed E-state index contributed by atoms with van der Waals surface area (Å²) in [6, 6.07) is 13.8. The van der Waals surface area contributed by atoms with Gasteiger partial charge in [0.05, 0.1) is 17.6 Å². The fraction of sp³-hybridized carbons (Fsp3) is 0.368. The highest BCUT2D eigenvalue weighted by Gasteiger charge is 2.33. The van der Waals surface area contributed by atoms with Crippen molar-refractivity contribution in [3.63, 3.8) is 0 Å². The summed E-state index contributed by atoms with van der Waals surface area (Å²) in [4.78, 5) is 13.3. The molecule has 2 aromatic rings. The van der Waals surface area contributed by atoms with Crippen molar-refractivity contribution >= 4 is 21.6 Å². The molecular formula is C19H22ClN3O4S. The molecule has 1 heterocycles. The number of sulfonamides is 1. The molecular weight excluding hydrogens is 402 g/mol. The van der Waals surface area contributed by atoms with Gasteiger partial charge in [0.1, 0.15) is 0 Å². The number of nitro groups is 1. The van der Waals surface area contributed by atoms with Gasteiger partial charge in [0.2, 0.25) is 10.0 Å². The number of halogens is 1. The third-order valence-corrected chi connectivity index (χ3v) is 6.60. The van der Waals surface area contributed by atoms with Crippen molar-refractivity contribution in [3.05, 3.63) is 75.3 Å². The van der Waals surface area contributed by atoms with E-state index in [4.69, 9.17) is 11.6 Å². The molecule has 0 amide bonds. The number of likely N-dealkylation sites (tertiary alicyclic amines) is 1. The van der Waals surface area contributed by atoms with Crippen LogP contribution in [0.25, 0.3) is 0 Å². The molecule has 1 aliphatic heterocycles. The van der Waals surface area contributed by atoms with Gasteiger partial charge in [-0.15, -0.1) is 0 Å². The first kappa shape index (κ1) is 20.7. The summed E-state index contributed by atoms with van der Waals surface area (Å²) in [7, 11) is -3.75. The summed E-state index contributed by atoms with van der Waals surface area (Å²) in [5.74, 6) is 0. The van der Waals surface area contributed by atoms with Crippen LogP contribution in [0.5, 0.6) is 0 Å². The number of rotatable bonds is 7. The zero-order chi connectivity index (χ0) is 20.1. The minimum Gasteiger partial charge on any atom is -0.280 e. The van der Waals surface area contributed by atoms with E-state index in [0.717, 1.165) is 12.8 Å². The van der Waals surface area contributed by atoms with E-state index in [1.165, 1.54) is 24.3 Å². The predicted molar refractivity (Wildman–Crippen MR) is 107 cm³/mol. The van der Waals surface area contributed by atoms with Crippen molar-refractivity contribution in [1.29, 1.82) is 0 Å². The van der Waals surface area contributed by atoms with Crippen LogP contribution in [0.1, 0.15) is 30.9 Å². The second-order valence-corrected chi connectivity index (χ2v) is 8.94. The van der Waals surface area contributed by atoms with Gasteiger partial charge in [-0.2, -0.15) is 4.72 Å². The van der Waals surface area contributed by atoms with Crippen molar-refractivity contribution in [1.82, 2.24) is 9.62 Å². The first-order valence-electron chi connectivity index (χ1n) is 9.07. The molecule has 1 aliphatic rings. The Morgan fingerprint density at radius 1 is 1.14 bits per heavy atom. The second-order valence-electron chi connectivity index (χ2n) is 6.79. The Labute approximate surface area is 169 Å². The van der Waals surface area contributed by atoms with Gasteiger partial charge in [-0.1, -0.05) is 41.9 Å². The lowest BCUT2D eigenvalue weighted by molar-refractivity contribution is -0.530. The summed E-state index contributed by atoms with van der Waals surface area (Å²) in [6.07, 6.45) is 1.85. The summed E-state index contributed by atoms with van der Waals surface area (Å²) in [5.41, 5.74) is 0.609. The highest BCUT2D eigenvalue weighted by atomic mass is 35.5. The molecule has 0 aromatic heterocycles. The first-order chi connectivity index (χ1) is 13.4. The number of nitrogens with one attached hydrogen (secondary N) is 1. The van der Waals surface area contributed by atoms with Gasteiger partial charge in [0.15, 0.2) is 0 Å². The normalized spacial score (nSPS) is 19.2. The number of hydrogen-bond acceptors (Lipinski definition) is 5. The van der Waals surface area contributed by atoms with Gasteiger partial charge in [0, 0.05) is 15.5 Å². The van der Waals surface area contributed by atoms with Crippen LogP contribution in [0.2, 0.25) is 5.02 Å². The quantitative estimate of drug-likeness (QED) is 0.543. The van der Waals surface area contributed by atoms with Crippen molar-refractivity contribution in [2.24, 2.45) is 0 Å². The molecule has 0 radical (unpaired) electrons. The number of benzene rings is 2. The number of piperidine rings is 1. The van der Waals surface area contributed by atoms with Crippen LogP contribution in [-0.2, 0) is 10.0 Å². The molecule has 2 unspecified atom stereocenters. The Bertz CT molecular complexity index is 907. The van der Waals surface area contributed by atoms with Crippen molar-refractivity contribution in [2.45, 2.75) is 36.4 Å². The van der Waals surface area contributed by atoms with E-state index in [1.54, 1.807) is 24.3 Å². The number of hydrogen-bond donors (Lipinski definition) is 1. The fourth-order valence-corrected chi connectivity index (χ4v) is 4.78. The maximum atomic E-state index is 12.7. The third-order valence-electron chi connectivity index (χ3n) is 4.88. The van der Waals surface area contributed by atoms with Crippen molar-refractivity contribution in [3.8, 4) is 0 Å². The topological polar surface area (TPSA) is 92.6 Å². The largest absolute Gasteiger partial charge is 0.280 e. The highest BCUT2D eigenvalue weighted by molar-refractivity contribution is 7.89. The Morgan fingerprint density at radius 3 is 2.46 bits per heavy atom. The summed E-state index contributed by atoms with van der Waals surface area (Å²) in [6.45, 7) is 0.746. The minimum absolute atomic E-state index is 0.122. The third kappa shape index (κ3) is 5.08. The van der Waals surface area contributed by atoms with Crippen molar-refractivity contribution in [2.75, 3.05) is 13.1 Å². The van der Waals surface area contributed by atoms with E-state index < -0.39 is 22.2 Å². The Kier molecular flexibility index (Phi) is 6.66. The van der Waals surface area contributed by atoms with E-state index in [1.807, 2.05) is 11.0 Å². The van der Waals surface area contributed by atoms with Crippen LogP contribution < -0.4 is 4.72 Å². The maximum absolute atomic E-state index is 12.7. The van der Waals surface area contributed by atoms with Crippen LogP contribution >= 0.6 is 11.6 Å². The summed E-state index contributed by atoms with van der Waals surface area (Å²) < 4.78 is 28.2. The predicted octanol–water partition coefficient (Wildman–Crippen LogP) is 3.45. The van der Waals surface area contributed by atoms with Gasteiger partial charge in [-0.05, 0) is 50.1 Å². The lowest BCUT2D eigenvalue weighted by Crippen LogP contribution is -2.52. The Morgan fingerprint density at radius 2 is 1.82 bits per heavy atom. The monoisotopic (exact) mass is 423 g/mol. The van der Waals surface area contributed by atoms with E-state index in [2.05, 4.69) is 4.72 Å². The molecule has 2 atom stereocenters. The Balaban J connectivity index is 1.78. The Hall–Kier alpha value is -2.00. The molecule has 7 nitrogen and oxygen atoms in total. The average molecular weight is 424 g/mol. The van der Waals surface area contributed by atoms with Crippen LogP contribution in [-0.4, -0.2) is 37.5 Å². The highest BCUT2D eigenvalue weighted by Crippen LogP contribution is 2.24. The lowest BCUT2D eigenvalue weighted by Gasteiger charge is -2.36. The fourth-order valence-electron chi connectivity index (χ4n) is 3.39. The van der Waals surface area contributed by atoms with Crippen LogP contribution in [0.3, 0.4) is 0 Å². The molecule has 2 aromatic carbocycles. The molecule has 9 heteroatoms. The molecule has 1 saturated heterocycles. The first-order valence-corrected chi connectivity index (χ1v) is 10.9. The molecule has 0 aliphatic carbocycles. The van der Waals surface area contributed by atoms with Gasteiger partial charge in [-0.3, -0.25) is 15.0 Å². The standard InChI is InChI=1S/C19H22ClN3O4S/c20-16-9-11-17(12-10-16)28(26,27)21-19-8-4-5-13-22(19)14-18(23(24)25)15-6-2-1-3-7-15/h1-3,6-7,9-12,18-19,21H,4-5,8,13-14H2. The molecule has 150 valence electrons. The SMILES string of the molecule is O=[N+]([O-])C(CN1CCCCC1NS(=O)(=O)c1ccc(Cl)cc1)c1ccccc1. The molecule has 0 saturated carbocycles. The molecule has 1 N–H and O–H groups in total. The molecule has 28 heavy (non-hydrogen) atoms. The average Bonchev–Trinajstić information content (AvgIpc) is 2.68. The zero-order valence-electron chi connectivity index (χ0n) is 15.2. The lowest BCUT2D eigenvalue weighted by atomic mass is 10.0. The van der Waals surface area contributed by atoms with E-state index in [9.17, 15) is 18.5 Å². The van der Waals surface area contributed by atoms with E-state index in [-0.39, 0.29) is 16.4 Å². The maximum Gasteiger partial charge on any atom is 0.250 e. The van der Waals surface area contributed by atoms with Crippen LogP contribution in [0.15, 0.2) is 59.5 Å². The van der Waals surface area contributed by atoms with Crippen LogP contribution in [0, 0.1) is 10.1 Å². The summed E-state index contributed by atoms with van der Waals surface area (Å²) in [5, 5.41) is 12.1. The number of nitrogens with zero attached hydrogens (tertiary/aromatic N) is 2. The molecule has 0 bridgehead atoms. The van der Waals surface area contributed by atoms with Gasteiger partial charge >= 0.3 is 0 Å².